The number of thiophene rings is 1. The van der Waals surface area contributed by atoms with Crippen LogP contribution in [-0.2, 0) is 24.2 Å². The summed E-state index contributed by atoms with van der Waals surface area (Å²) >= 11 is 1.60. The number of ketones is 1. The Morgan fingerprint density at radius 1 is 1.03 bits per heavy atom. The lowest BCUT2D eigenvalue weighted by Gasteiger charge is -2.14. The van der Waals surface area contributed by atoms with Gasteiger partial charge in [-0.3, -0.25) is 19.0 Å². The summed E-state index contributed by atoms with van der Waals surface area (Å²) in [5.41, 5.74) is 2.88. The predicted molar refractivity (Wildman–Crippen MR) is 131 cm³/mol. The molecule has 0 spiro atoms. The van der Waals surface area contributed by atoms with Crippen molar-refractivity contribution in [3.63, 3.8) is 0 Å². The van der Waals surface area contributed by atoms with Crippen LogP contribution in [0.2, 0.25) is 0 Å². The Hall–Kier alpha value is -3.58. The van der Waals surface area contributed by atoms with Crippen LogP contribution in [0.1, 0.15) is 40.6 Å². The summed E-state index contributed by atoms with van der Waals surface area (Å²) in [7, 11) is 0. The molecule has 2 aromatic heterocycles. The molecule has 0 bridgehead atoms. The molecule has 1 amide bonds. The molecule has 1 aliphatic rings. The van der Waals surface area contributed by atoms with Crippen LogP contribution in [0, 0.1) is 0 Å². The highest BCUT2D eigenvalue weighted by atomic mass is 32.1. The van der Waals surface area contributed by atoms with E-state index in [0.717, 1.165) is 41.6 Å². The second kappa shape index (κ2) is 8.75. The van der Waals surface area contributed by atoms with Gasteiger partial charge in [0.05, 0.1) is 5.39 Å². The van der Waals surface area contributed by atoms with E-state index in [1.807, 2.05) is 30.3 Å². The van der Waals surface area contributed by atoms with Crippen molar-refractivity contribution in [1.29, 1.82) is 0 Å². The van der Waals surface area contributed by atoms with Crippen LogP contribution >= 0.6 is 11.3 Å². The Morgan fingerprint density at radius 3 is 2.48 bits per heavy atom. The van der Waals surface area contributed by atoms with Gasteiger partial charge in [0.15, 0.2) is 5.78 Å². The lowest BCUT2D eigenvalue weighted by atomic mass is 9.97. The maximum absolute atomic E-state index is 13.7. The normalized spacial score (nSPS) is 13.0. The highest BCUT2D eigenvalue weighted by molar-refractivity contribution is 7.18. The molecule has 2 heterocycles. The number of hydrogen-bond donors (Lipinski definition) is 1. The fourth-order valence-electron chi connectivity index (χ4n) is 4.33. The first-order chi connectivity index (χ1) is 16.0. The van der Waals surface area contributed by atoms with E-state index in [2.05, 4.69) is 5.32 Å². The van der Waals surface area contributed by atoms with E-state index in [9.17, 15) is 14.4 Å². The largest absolute Gasteiger partial charge is 0.325 e. The van der Waals surface area contributed by atoms with Crippen LogP contribution in [0.3, 0.4) is 0 Å². The maximum atomic E-state index is 13.7. The van der Waals surface area contributed by atoms with Crippen LogP contribution in [0.5, 0.6) is 0 Å². The quantitative estimate of drug-likeness (QED) is 0.435. The van der Waals surface area contributed by atoms with Crippen molar-refractivity contribution < 1.29 is 9.59 Å². The molecule has 0 atom stereocenters. The molecule has 0 unspecified atom stereocenters. The van der Waals surface area contributed by atoms with Gasteiger partial charge in [-0.05, 0) is 62.4 Å². The molecule has 33 heavy (non-hydrogen) atoms. The minimum atomic E-state index is -0.324. The fourth-order valence-corrected chi connectivity index (χ4v) is 5.58. The van der Waals surface area contributed by atoms with E-state index in [1.54, 1.807) is 35.6 Å². The third-order valence-corrected chi connectivity index (χ3v) is 7.17. The van der Waals surface area contributed by atoms with E-state index in [1.165, 1.54) is 16.4 Å². The van der Waals surface area contributed by atoms with Crippen LogP contribution in [0.4, 0.5) is 5.69 Å². The molecule has 4 aromatic rings. The Morgan fingerprint density at radius 2 is 1.76 bits per heavy atom. The highest BCUT2D eigenvalue weighted by Gasteiger charge is 2.23. The van der Waals surface area contributed by atoms with Crippen molar-refractivity contribution in [2.45, 2.75) is 39.2 Å². The van der Waals surface area contributed by atoms with Gasteiger partial charge in [0, 0.05) is 21.7 Å². The second-order valence-electron chi connectivity index (χ2n) is 8.27. The molecule has 2 aromatic carbocycles. The lowest BCUT2D eigenvalue weighted by molar-refractivity contribution is -0.116. The van der Waals surface area contributed by atoms with Crippen molar-refractivity contribution in [2.24, 2.45) is 0 Å². The first kappa shape index (κ1) is 21.3. The first-order valence-electron chi connectivity index (χ1n) is 11.0. The van der Waals surface area contributed by atoms with Gasteiger partial charge >= 0.3 is 0 Å². The molecule has 0 fully saturated rings. The highest BCUT2D eigenvalue weighted by Crippen LogP contribution is 2.34. The van der Waals surface area contributed by atoms with Gasteiger partial charge in [-0.25, -0.2) is 4.98 Å². The van der Waals surface area contributed by atoms with Crippen LogP contribution in [0.15, 0.2) is 59.4 Å². The summed E-state index contributed by atoms with van der Waals surface area (Å²) in [5.74, 6) is 0.134. The molecule has 0 radical (unpaired) electrons. The smallest absolute Gasteiger partial charge is 0.263 e. The second-order valence-corrected chi connectivity index (χ2v) is 9.35. The molecular weight excluding hydrogens is 434 g/mol. The number of benzene rings is 2. The van der Waals surface area contributed by atoms with Gasteiger partial charge < -0.3 is 5.32 Å². The number of nitrogens with zero attached hydrogens (tertiary/aromatic N) is 2. The number of Topliss-reactive ketones (excluding diaryl/α,β-unsaturated/α-hetero) is 1. The number of nitrogens with one attached hydrogen (secondary N) is 1. The number of aromatic nitrogens is 2. The molecule has 5 rings (SSSR count). The van der Waals surface area contributed by atoms with E-state index in [4.69, 9.17) is 4.98 Å². The number of hydrogen-bond acceptors (Lipinski definition) is 5. The minimum Gasteiger partial charge on any atom is -0.325 e. The molecule has 0 saturated heterocycles. The van der Waals surface area contributed by atoms with E-state index in [0.29, 0.717) is 22.5 Å². The Kier molecular flexibility index (Phi) is 5.64. The van der Waals surface area contributed by atoms with E-state index < -0.39 is 0 Å². The summed E-state index contributed by atoms with van der Waals surface area (Å²) < 4.78 is 1.48. The maximum Gasteiger partial charge on any atom is 0.263 e. The van der Waals surface area contributed by atoms with E-state index >= 15 is 0 Å². The molecule has 6 nitrogen and oxygen atoms in total. The summed E-state index contributed by atoms with van der Waals surface area (Å²) in [4.78, 5) is 45.0. The number of carbonyl (C=O) groups is 2. The third kappa shape index (κ3) is 4.12. The third-order valence-electron chi connectivity index (χ3n) is 5.98. The van der Waals surface area contributed by atoms with Crippen molar-refractivity contribution in [3.8, 4) is 11.4 Å². The Labute approximate surface area is 194 Å². The van der Waals surface area contributed by atoms with Crippen molar-refractivity contribution in [3.05, 3.63) is 81.0 Å². The van der Waals surface area contributed by atoms with Crippen molar-refractivity contribution in [1.82, 2.24) is 9.55 Å². The number of anilines is 1. The zero-order chi connectivity index (χ0) is 22.9. The van der Waals surface area contributed by atoms with Crippen molar-refractivity contribution >= 4 is 38.9 Å². The SMILES string of the molecule is CC(=O)c1ccc(NC(=O)Cn2c(-c3ccccc3)nc3sc4c(c3c2=O)CCCC4)cc1. The van der Waals surface area contributed by atoms with Gasteiger partial charge in [0.1, 0.15) is 17.2 Å². The number of aryl methyl sites for hydroxylation is 2. The Bertz CT molecular complexity index is 1420. The fraction of sp³-hybridized carbons (Fsp3) is 0.231. The van der Waals surface area contributed by atoms with Gasteiger partial charge in [-0.15, -0.1) is 11.3 Å². The molecule has 0 aliphatic heterocycles. The predicted octanol–water partition coefficient (Wildman–Crippen LogP) is 4.85. The molecule has 166 valence electrons. The standard InChI is InChI=1S/C26H23N3O3S/c1-16(30)17-11-13-19(14-12-17)27-22(31)15-29-24(18-7-3-2-4-8-18)28-25-23(26(29)32)20-9-5-6-10-21(20)33-25/h2-4,7-8,11-14H,5-6,9-10,15H2,1H3,(H,27,31). The summed E-state index contributed by atoms with van der Waals surface area (Å²) in [5, 5.41) is 3.49. The van der Waals surface area contributed by atoms with Crippen LogP contribution < -0.4 is 10.9 Å². The number of carbonyl (C=O) groups excluding carboxylic acids is 2. The van der Waals surface area contributed by atoms with E-state index in [-0.39, 0.29) is 23.8 Å². The van der Waals surface area contributed by atoms with Gasteiger partial charge in [0.2, 0.25) is 5.91 Å². The zero-order valence-corrected chi connectivity index (χ0v) is 19.1. The minimum absolute atomic E-state index is 0.0367. The summed E-state index contributed by atoms with van der Waals surface area (Å²) in [6.45, 7) is 1.35. The van der Waals surface area contributed by atoms with Crippen molar-refractivity contribution in [2.75, 3.05) is 5.32 Å². The first-order valence-corrected chi connectivity index (χ1v) is 11.8. The zero-order valence-electron chi connectivity index (χ0n) is 18.3. The molecule has 7 heteroatoms. The summed E-state index contributed by atoms with van der Waals surface area (Å²) in [6.07, 6.45) is 4.05. The monoisotopic (exact) mass is 457 g/mol. The van der Waals surface area contributed by atoms with Crippen LogP contribution in [-0.4, -0.2) is 21.2 Å². The van der Waals surface area contributed by atoms with Gasteiger partial charge in [-0.1, -0.05) is 30.3 Å². The molecular formula is C26H23N3O3S. The number of amides is 1. The van der Waals surface area contributed by atoms with Gasteiger partial charge in [0.25, 0.3) is 5.56 Å². The van der Waals surface area contributed by atoms with Crippen LogP contribution in [0.25, 0.3) is 21.6 Å². The number of rotatable bonds is 5. The average molecular weight is 458 g/mol. The molecule has 0 saturated carbocycles. The molecule has 1 aliphatic carbocycles. The van der Waals surface area contributed by atoms with Gasteiger partial charge in [-0.2, -0.15) is 0 Å². The average Bonchev–Trinajstić information content (AvgIpc) is 3.20. The number of fused-ring (bicyclic) bond motifs is 3. The summed E-state index contributed by atoms with van der Waals surface area (Å²) in [6, 6.07) is 16.2. The lowest BCUT2D eigenvalue weighted by Crippen LogP contribution is -2.30. The topological polar surface area (TPSA) is 81.1 Å². The molecule has 1 N–H and O–H groups in total. The Balaban J connectivity index is 1.55.